The van der Waals surface area contributed by atoms with E-state index in [0.717, 1.165) is 16.1 Å². The molecule has 0 heterocycles. The molecule has 0 aliphatic carbocycles. The molecule has 2 aromatic carbocycles. The Morgan fingerprint density at radius 1 is 1.09 bits per heavy atom. The summed E-state index contributed by atoms with van der Waals surface area (Å²) in [6.07, 6.45) is -4.53. The van der Waals surface area contributed by atoms with Crippen molar-refractivity contribution in [3.8, 4) is 0 Å². The van der Waals surface area contributed by atoms with Crippen molar-refractivity contribution in [1.29, 1.82) is 0 Å². The smallest absolute Gasteiger partial charge is 0.308 e. The number of urea groups is 1. The van der Waals surface area contributed by atoms with Crippen molar-refractivity contribution in [1.82, 2.24) is 0 Å². The second-order valence-electron chi connectivity index (χ2n) is 4.59. The van der Waals surface area contributed by atoms with Gasteiger partial charge in [-0.2, -0.15) is 13.2 Å². The van der Waals surface area contributed by atoms with Crippen molar-refractivity contribution in [2.24, 2.45) is 0 Å². The third-order valence-corrected chi connectivity index (χ3v) is 3.79. The van der Waals surface area contributed by atoms with E-state index < -0.39 is 17.8 Å². The summed E-state index contributed by atoms with van der Waals surface area (Å²) in [5, 5.41) is 4.72. The van der Waals surface area contributed by atoms with Crippen LogP contribution in [0.3, 0.4) is 0 Å². The molecule has 2 rings (SSSR count). The summed E-state index contributed by atoms with van der Waals surface area (Å²) in [4.78, 5) is 11.9. The van der Waals surface area contributed by atoms with Gasteiger partial charge in [0, 0.05) is 10.2 Å². The average Bonchev–Trinajstić information content (AvgIpc) is 2.42. The highest BCUT2D eigenvalue weighted by Crippen LogP contribution is 2.34. The van der Waals surface area contributed by atoms with Gasteiger partial charge in [-0.05, 0) is 42.8 Å². The number of hydrogen-bond acceptors (Lipinski definition) is 1. The third-order valence-electron chi connectivity index (χ3n) is 2.90. The fraction of sp³-hybridized carbons (Fsp3) is 0.133. The van der Waals surface area contributed by atoms with Crippen LogP contribution in [0.4, 0.5) is 29.3 Å². The Labute approximate surface area is 133 Å². The quantitative estimate of drug-likeness (QED) is 0.725. The number of rotatable bonds is 2. The zero-order chi connectivity index (χ0) is 16.3. The lowest BCUT2D eigenvalue weighted by Gasteiger charge is -2.14. The number of aryl methyl sites for hydroxylation is 1. The Hall–Kier alpha value is -2.02. The van der Waals surface area contributed by atoms with Crippen molar-refractivity contribution in [3.63, 3.8) is 0 Å². The maximum atomic E-state index is 12.8. The van der Waals surface area contributed by atoms with Gasteiger partial charge in [-0.3, -0.25) is 0 Å². The van der Waals surface area contributed by atoms with Crippen LogP contribution >= 0.6 is 15.9 Å². The topological polar surface area (TPSA) is 41.1 Å². The molecule has 0 aromatic heterocycles. The maximum Gasteiger partial charge on any atom is 0.418 e. The van der Waals surface area contributed by atoms with Crippen LogP contribution in [0.5, 0.6) is 0 Å². The monoisotopic (exact) mass is 372 g/mol. The molecular weight excluding hydrogens is 361 g/mol. The van der Waals surface area contributed by atoms with Gasteiger partial charge < -0.3 is 10.6 Å². The third kappa shape index (κ3) is 4.00. The minimum absolute atomic E-state index is 0.290. The summed E-state index contributed by atoms with van der Waals surface area (Å²) in [5.74, 6) is 0. The Kier molecular flexibility index (Phi) is 4.75. The standard InChI is InChI=1S/C15H12BrF3N2O/c1-9-8-10(6-7-12(9)16)20-14(22)21-13-5-3-2-4-11(13)15(17,18)19/h2-8H,1H3,(H2,20,21,22). The molecule has 0 aliphatic heterocycles. The van der Waals surface area contributed by atoms with E-state index in [1.54, 1.807) is 18.2 Å². The minimum Gasteiger partial charge on any atom is -0.308 e. The van der Waals surface area contributed by atoms with Crippen molar-refractivity contribution >= 4 is 33.3 Å². The number of anilines is 2. The fourth-order valence-corrected chi connectivity index (χ4v) is 2.09. The van der Waals surface area contributed by atoms with Crippen LogP contribution in [0.2, 0.25) is 0 Å². The number of halogens is 4. The molecule has 2 N–H and O–H groups in total. The van der Waals surface area contributed by atoms with Gasteiger partial charge in [0.2, 0.25) is 0 Å². The fourth-order valence-electron chi connectivity index (χ4n) is 1.85. The lowest BCUT2D eigenvalue weighted by Crippen LogP contribution is -2.21. The molecule has 2 amide bonds. The van der Waals surface area contributed by atoms with E-state index in [0.29, 0.717) is 5.69 Å². The number of benzene rings is 2. The molecule has 0 aliphatic rings. The van der Waals surface area contributed by atoms with Crippen molar-refractivity contribution < 1.29 is 18.0 Å². The van der Waals surface area contributed by atoms with E-state index in [2.05, 4.69) is 26.6 Å². The number of alkyl halides is 3. The molecule has 2 aromatic rings. The first-order valence-corrected chi connectivity index (χ1v) is 7.07. The first kappa shape index (κ1) is 16.4. The van der Waals surface area contributed by atoms with E-state index in [9.17, 15) is 18.0 Å². The van der Waals surface area contributed by atoms with Crippen molar-refractivity contribution in [3.05, 3.63) is 58.1 Å². The van der Waals surface area contributed by atoms with Gasteiger partial charge in [0.25, 0.3) is 0 Å². The number of nitrogens with one attached hydrogen (secondary N) is 2. The summed E-state index contributed by atoms with van der Waals surface area (Å²) in [7, 11) is 0. The Morgan fingerprint density at radius 2 is 1.77 bits per heavy atom. The van der Waals surface area contributed by atoms with Gasteiger partial charge in [0.1, 0.15) is 0 Å². The van der Waals surface area contributed by atoms with Crippen LogP contribution in [0.1, 0.15) is 11.1 Å². The number of amides is 2. The van der Waals surface area contributed by atoms with Gasteiger partial charge >= 0.3 is 12.2 Å². The number of hydrogen-bond donors (Lipinski definition) is 2. The average molecular weight is 373 g/mol. The van der Waals surface area contributed by atoms with Gasteiger partial charge in [0.15, 0.2) is 0 Å². The van der Waals surface area contributed by atoms with Crippen LogP contribution in [0, 0.1) is 6.92 Å². The summed E-state index contributed by atoms with van der Waals surface area (Å²) in [5.41, 5.74) is 0.203. The predicted octanol–water partition coefficient (Wildman–Crippen LogP) is 5.42. The first-order chi connectivity index (χ1) is 10.3. The van der Waals surface area contributed by atoms with Crippen molar-refractivity contribution in [2.75, 3.05) is 10.6 Å². The summed E-state index contributed by atoms with van der Waals surface area (Å²) in [6, 6.07) is 9.17. The van der Waals surface area contributed by atoms with Crippen LogP contribution < -0.4 is 10.6 Å². The number of carbonyl (C=O) groups excluding carboxylic acids is 1. The molecule has 0 spiro atoms. The predicted molar refractivity (Wildman–Crippen MR) is 83.0 cm³/mol. The molecule has 0 fully saturated rings. The normalized spacial score (nSPS) is 11.1. The second-order valence-corrected chi connectivity index (χ2v) is 5.44. The lowest BCUT2D eigenvalue weighted by atomic mass is 10.1. The maximum absolute atomic E-state index is 12.8. The molecule has 0 unspecified atom stereocenters. The van der Waals surface area contributed by atoms with Gasteiger partial charge in [-0.25, -0.2) is 4.79 Å². The summed E-state index contributed by atoms with van der Waals surface area (Å²) in [6.45, 7) is 1.84. The van der Waals surface area contributed by atoms with Crippen molar-refractivity contribution in [2.45, 2.75) is 13.1 Å². The molecule has 22 heavy (non-hydrogen) atoms. The Balaban J connectivity index is 2.14. The highest BCUT2D eigenvalue weighted by atomic mass is 79.9. The van der Waals surface area contributed by atoms with Crippen LogP contribution in [0.15, 0.2) is 46.9 Å². The SMILES string of the molecule is Cc1cc(NC(=O)Nc2ccccc2C(F)(F)F)ccc1Br. The van der Waals surface area contributed by atoms with E-state index in [-0.39, 0.29) is 5.69 Å². The van der Waals surface area contributed by atoms with Gasteiger partial charge in [-0.15, -0.1) is 0 Å². The molecule has 0 radical (unpaired) electrons. The lowest BCUT2D eigenvalue weighted by molar-refractivity contribution is -0.136. The second kappa shape index (κ2) is 6.39. The molecule has 0 saturated carbocycles. The minimum atomic E-state index is -4.53. The Bertz CT molecular complexity index is 701. The molecule has 3 nitrogen and oxygen atoms in total. The Morgan fingerprint density at radius 3 is 2.41 bits per heavy atom. The molecule has 116 valence electrons. The summed E-state index contributed by atoms with van der Waals surface area (Å²) < 4.78 is 39.4. The molecule has 0 saturated heterocycles. The van der Waals surface area contributed by atoms with Gasteiger partial charge in [0.05, 0.1) is 11.3 Å². The molecule has 7 heteroatoms. The zero-order valence-electron chi connectivity index (χ0n) is 11.5. The van der Waals surface area contributed by atoms with Crippen LogP contribution in [-0.4, -0.2) is 6.03 Å². The highest BCUT2D eigenvalue weighted by Gasteiger charge is 2.33. The first-order valence-electron chi connectivity index (χ1n) is 6.28. The largest absolute Gasteiger partial charge is 0.418 e. The molecule has 0 atom stereocenters. The van der Waals surface area contributed by atoms with Crippen LogP contribution in [0.25, 0.3) is 0 Å². The van der Waals surface area contributed by atoms with Gasteiger partial charge in [-0.1, -0.05) is 28.1 Å². The zero-order valence-corrected chi connectivity index (χ0v) is 13.0. The number of carbonyl (C=O) groups is 1. The number of para-hydroxylation sites is 1. The molecule has 0 bridgehead atoms. The summed E-state index contributed by atoms with van der Waals surface area (Å²) >= 11 is 3.33. The van der Waals surface area contributed by atoms with Crippen LogP contribution in [-0.2, 0) is 6.18 Å². The van der Waals surface area contributed by atoms with E-state index in [1.165, 1.54) is 18.2 Å². The molecular formula is C15H12BrF3N2O. The highest BCUT2D eigenvalue weighted by molar-refractivity contribution is 9.10. The van der Waals surface area contributed by atoms with E-state index in [4.69, 9.17) is 0 Å². The van der Waals surface area contributed by atoms with E-state index >= 15 is 0 Å². The van der Waals surface area contributed by atoms with E-state index in [1.807, 2.05) is 6.92 Å².